The van der Waals surface area contributed by atoms with E-state index in [1.165, 1.54) is 19.3 Å². The second-order valence-electron chi connectivity index (χ2n) is 13.5. The molecule has 2 fully saturated rings. The Hall–Kier alpha value is -0.610. The Balaban J connectivity index is 1.91. The molecule has 34 heavy (non-hydrogen) atoms. The Labute approximate surface area is 211 Å². The van der Waals surface area contributed by atoms with Gasteiger partial charge in [0.15, 0.2) is 0 Å². The molecule has 7 unspecified atom stereocenters. The molecule has 7 atom stereocenters. The summed E-state index contributed by atoms with van der Waals surface area (Å²) in [7, 11) is 0. The van der Waals surface area contributed by atoms with Crippen LogP contribution in [-0.4, -0.2) is 31.6 Å². The van der Waals surface area contributed by atoms with E-state index in [0.29, 0.717) is 49.1 Å². The lowest BCUT2D eigenvalue weighted by atomic mass is 9.61. The first kappa shape index (κ1) is 29.6. The Morgan fingerprint density at radius 1 is 1.00 bits per heavy atom. The summed E-state index contributed by atoms with van der Waals surface area (Å²) < 4.78 is 18.4. The minimum Gasteiger partial charge on any atom is -0.462 e. The van der Waals surface area contributed by atoms with E-state index >= 15 is 0 Å². The lowest BCUT2D eigenvalue weighted by molar-refractivity contribution is -0.177. The van der Waals surface area contributed by atoms with Gasteiger partial charge in [-0.1, -0.05) is 81.6 Å². The van der Waals surface area contributed by atoms with Gasteiger partial charge in [-0.3, -0.25) is 4.79 Å². The van der Waals surface area contributed by atoms with Crippen molar-refractivity contribution < 1.29 is 19.0 Å². The number of esters is 1. The molecule has 2 aliphatic carbocycles. The third-order valence-corrected chi connectivity index (χ3v) is 9.13. The molecule has 200 valence electrons. The van der Waals surface area contributed by atoms with Crippen LogP contribution in [0.4, 0.5) is 0 Å². The minimum absolute atomic E-state index is 0.0145. The van der Waals surface area contributed by atoms with E-state index in [9.17, 15) is 4.79 Å². The summed E-state index contributed by atoms with van der Waals surface area (Å²) in [6.07, 6.45) is 8.17. The zero-order valence-electron chi connectivity index (χ0n) is 24.1. The van der Waals surface area contributed by atoms with Crippen molar-refractivity contribution in [1.29, 1.82) is 0 Å². The first-order chi connectivity index (χ1) is 15.8. The molecular weight excluding hydrogens is 424 g/mol. The van der Waals surface area contributed by atoms with Crippen molar-refractivity contribution in [2.45, 2.75) is 126 Å². The lowest BCUT2D eigenvalue weighted by Crippen LogP contribution is -2.48. The van der Waals surface area contributed by atoms with Gasteiger partial charge in [-0.25, -0.2) is 0 Å². The average Bonchev–Trinajstić information content (AvgIpc) is 2.71. The smallest absolute Gasteiger partial charge is 0.309 e. The molecule has 0 aromatic heterocycles. The zero-order valence-corrected chi connectivity index (χ0v) is 24.1. The Bertz CT molecular complexity index is 612. The van der Waals surface area contributed by atoms with E-state index < -0.39 is 0 Å². The average molecular weight is 481 g/mol. The molecule has 0 aromatic rings. The molecular formula is C30H56O4. The summed E-state index contributed by atoms with van der Waals surface area (Å²) >= 11 is 0. The van der Waals surface area contributed by atoms with Crippen LogP contribution in [-0.2, 0) is 19.0 Å². The number of ether oxygens (including phenoxy) is 3. The quantitative estimate of drug-likeness (QED) is 0.162. The van der Waals surface area contributed by atoms with Crippen LogP contribution in [0, 0.1) is 46.3 Å². The van der Waals surface area contributed by atoms with Crippen LogP contribution < -0.4 is 0 Å². The van der Waals surface area contributed by atoms with Crippen molar-refractivity contribution in [2.24, 2.45) is 46.3 Å². The SMILES string of the molecule is CCC1CC(COCOC2C(C)CCCC2C)C1C(C)OC(=O)C(CC(C)(C)C)C(C)(C)CC. The van der Waals surface area contributed by atoms with E-state index in [2.05, 4.69) is 69.2 Å². The number of rotatable bonds is 12. The molecule has 0 spiro atoms. The summed E-state index contributed by atoms with van der Waals surface area (Å²) in [4.78, 5) is 13.4. The maximum atomic E-state index is 13.4. The van der Waals surface area contributed by atoms with E-state index in [-0.39, 0.29) is 28.8 Å². The summed E-state index contributed by atoms with van der Waals surface area (Å²) in [5, 5.41) is 0. The van der Waals surface area contributed by atoms with Gasteiger partial charge in [0, 0.05) is 5.92 Å². The summed E-state index contributed by atoms with van der Waals surface area (Å²) in [5.74, 6) is 2.56. The van der Waals surface area contributed by atoms with E-state index in [1.54, 1.807) is 0 Å². The number of hydrogen-bond donors (Lipinski definition) is 0. The summed E-state index contributed by atoms with van der Waals surface area (Å²) in [5.41, 5.74) is 0.0204. The second kappa shape index (κ2) is 12.6. The van der Waals surface area contributed by atoms with Crippen LogP contribution in [0.3, 0.4) is 0 Å². The van der Waals surface area contributed by atoms with E-state index in [0.717, 1.165) is 25.7 Å². The summed E-state index contributed by atoms with van der Waals surface area (Å²) in [6.45, 7) is 23.3. The molecule has 4 nitrogen and oxygen atoms in total. The molecule has 0 aromatic carbocycles. The molecule has 0 heterocycles. The first-order valence-corrected chi connectivity index (χ1v) is 14.2. The Morgan fingerprint density at radius 2 is 1.62 bits per heavy atom. The highest BCUT2D eigenvalue weighted by Gasteiger charge is 2.46. The topological polar surface area (TPSA) is 44.8 Å². The maximum Gasteiger partial charge on any atom is 0.309 e. The standard InChI is InChI=1S/C30H56O4/c1-11-23-16-24(18-32-19-33-27-20(3)14-13-15-21(27)4)26(23)22(5)34-28(31)25(17-29(6,7)8)30(9,10)12-2/h20-27H,11-19H2,1-10H3. The van der Waals surface area contributed by atoms with Crippen molar-refractivity contribution in [1.82, 2.24) is 0 Å². The van der Waals surface area contributed by atoms with Crippen LogP contribution in [0.25, 0.3) is 0 Å². The predicted molar refractivity (Wildman–Crippen MR) is 140 cm³/mol. The largest absolute Gasteiger partial charge is 0.462 e. The van der Waals surface area contributed by atoms with E-state index in [1.807, 2.05) is 0 Å². The Morgan fingerprint density at radius 3 is 2.15 bits per heavy atom. The van der Waals surface area contributed by atoms with Gasteiger partial charge in [-0.15, -0.1) is 0 Å². The van der Waals surface area contributed by atoms with Crippen molar-refractivity contribution in [3.05, 3.63) is 0 Å². The number of carbonyl (C=O) groups excluding carboxylic acids is 1. The predicted octanol–water partition coefficient (Wildman–Crippen LogP) is 7.88. The third kappa shape index (κ3) is 7.95. The van der Waals surface area contributed by atoms with Crippen molar-refractivity contribution in [2.75, 3.05) is 13.4 Å². The van der Waals surface area contributed by atoms with Crippen LogP contribution in [0.2, 0.25) is 0 Å². The maximum absolute atomic E-state index is 13.4. The van der Waals surface area contributed by atoms with Gasteiger partial charge in [0.1, 0.15) is 12.9 Å². The molecule has 4 heteroatoms. The van der Waals surface area contributed by atoms with Crippen LogP contribution in [0.15, 0.2) is 0 Å². The van der Waals surface area contributed by atoms with Gasteiger partial charge in [-0.2, -0.15) is 0 Å². The van der Waals surface area contributed by atoms with Crippen molar-refractivity contribution in [3.63, 3.8) is 0 Å². The van der Waals surface area contributed by atoms with Gasteiger partial charge in [0.25, 0.3) is 0 Å². The molecule has 2 aliphatic rings. The fourth-order valence-electron chi connectivity index (χ4n) is 6.46. The normalized spacial score (nSPS) is 32.1. The van der Waals surface area contributed by atoms with Crippen LogP contribution in [0.5, 0.6) is 0 Å². The molecule has 2 saturated carbocycles. The lowest BCUT2D eigenvalue weighted by Gasteiger charge is -2.47. The molecule has 0 aliphatic heterocycles. The van der Waals surface area contributed by atoms with Gasteiger partial charge in [0.2, 0.25) is 0 Å². The third-order valence-electron chi connectivity index (χ3n) is 9.13. The van der Waals surface area contributed by atoms with Gasteiger partial charge in [0.05, 0.1) is 18.6 Å². The monoisotopic (exact) mass is 480 g/mol. The fraction of sp³-hybridized carbons (Fsp3) is 0.967. The van der Waals surface area contributed by atoms with Crippen molar-refractivity contribution in [3.8, 4) is 0 Å². The molecule has 0 saturated heterocycles. The highest BCUT2D eigenvalue weighted by atomic mass is 16.7. The summed E-state index contributed by atoms with van der Waals surface area (Å²) in [6, 6.07) is 0. The van der Waals surface area contributed by atoms with Gasteiger partial charge >= 0.3 is 5.97 Å². The zero-order chi connectivity index (χ0) is 25.7. The highest BCUT2D eigenvalue weighted by Crippen LogP contribution is 2.46. The van der Waals surface area contributed by atoms with Gasteiger partial charge < -0.3 is 14.2 Å². The fourth-order valence-corrected chi connectivity index (χ4v) is 6.46. The van der Waals surface area contributed by atoms with Crippen LogP contribution in [0.1, 0.15) is 114 Å². The van der Waals surface area contributed by atoms with E-state index in [4.69, 9.17) is 14.2 Å². The van der Waals surface area contributed by atoms with Crippen LogP contribution >= 0.6 is 0 Å². The van der Waals surface area contributed by atoms with Gasteiger partial charge in [-0.05, 0) is 67.1 Å². The number of carbonyl (C=O) groups is 1. The second-order valence-corrected chi connectivity index (χ2v) is 13.5. The number of hydrogen-bond acceptors (Lipinski definition) is 4. The molecule has 0 bridgehead atoms. The van der Waals surface area contributed by atoms with Crippen molar-refractivity contribution >= 4 is 5.97 Å². The molecule has 0 N–H and O–H groups in total. The first-order valence-electron chi connectivity index (χ1n) is 14.2. The molecule has 2 rings (SSSR count). The molecule has 0 amide bonds. The Kier molecular flexibility index (Phi) is 10.9. The minimum atomic E-state index is -0.0809. The highest BCUT2D eigenvalue weighted by molar-refractivity contribution is 5.73. The molecule has 0 radical (unpaired) electrons.